The first kappa shape index (κ1) is 33.7. The zero-order valence-electron chi connectivity index (χ0n) is 31.8. The fraction of sp³-hybridized carbons (Fsp3) is 0. The molecule has 4 aromatic heterocycles. The Hall–Kier alpha value is -8.36. The Morgan fingerprint density at radius 1 is 0.333 bits per heavy atom. The van der Waals surface area contributed by atoms with Crippen LogP contribution in [0.25, 0.3) is 123 Å². The summed E-state index contributed by atoms with van der Waals surface area (Å²) in [6.45, 7) is 0. The minimum atomic E-state index is 0.492. The summed E-state index contributed by atoms with van der Waals surface area (Å²) < 4.78 is 12.7. The normalized spacial score (nSPS) is 11.7. The van der Waals surface area contributed by atoms with E-state index >= 15 is 0 Å². The van der Waals surface area contributed by atoms with Gasteiger partial charge in [0.05, 0.1) is 16.5 Å². The number of fused-ring (bicyclic) bond motifs is 7. The van der Waals surface area contributed by atoms with E-state index in [2.05, 4.69) is 82.8 Å². The Balaban J connectivity index is 0.934. The Labute approximate surface area is 342 Å². The number of nitrogens with zero attached hydrogens (tertiary/aromatic N) is 6. The quantitative estimate of drug-likeness (QED) is 0.165. The number of furan rings is 1. The van der Waals surface area contributed by atoms with Crippen molar-refractivity contribution in [1.29, 1.82) is 0 Å². The lowest BCUT2D eigenvalue weighted by atomic mass is 9.91. The van der Waals surface area contributed by atoms with Crippen molar-refractivity contribution < 1.29 is 8.83 Å². The van der Waals surface area contributed by atoms with Gasteiger partial charge in [0.15, 0.2) is 23.1 Å². The van der Waals surface area contributed by atoms with Crippen LogP contribution >= 0.6 is 0 Å². The average molecular weight is 771 g/mol. The highest BCUT2D eigenvalue weighted by molar-refractivity contribution is 6.18. The Kier molecular flexibility index (Phi) is 7.67. The Bertz CT molecular complexity index is 3540. The third-order valence-corrected chi connectivity index (χ3v) is 11.1. The van der Waals surface area contributed by atoms with Crippen molar-refractivity contribution >= 4 is 54.8 Å². The molecule has 0 unspecified atom stereocenters. The van der Waals surface area contributed by atoms with Gasteiger partial charge in [0.1, 0.15) is 22.2 Å². The molecule has 0 spiro atoms. The lowest BCUT2D eigenvalue weighted by Gasteiger charge is -2.13. The molecule has 12 aromatic rings. The maximum absolute atomic E-state index is 6.38. The number of oxazole rings is 1. The molecule has 8 nitrogen and oxygen atoms in total. The molecule has 0 aliphatic carbocycles. The highest BCUT2D eigenvalue weighted by atomic mass is 16.4. The van der Waals surface area contributed by atoms with E-state index in [4.69, 9.17) is 28.8 Å². The molecule has 0 atom stereocenters. The zero-order chi connectivity index (χ0) is 39.6. The van der Waals surface area contributed by atoms with E-state index in [0.29, 0.717) is 28.9 Å². The number of rotatable bonds is 6. The number of hydrogen-bond acceptors (Lipinski definition) is 8. The fourth-order valence-electron chi connectivity index (χ4n) is 8.24. The van der Waals surface area contributed by atoms with Gasteiger partial charge in [-0.05, 0) is 69.4 Å². The van der Waals surface area contributed by atoms with E-state index in [0.717, 1.165) is 93.8 Å². The molecule has 0 amide bonds. The second kappa shape index (κ2) is 13.6. The zero-order valence-corrected chi connectivity index (χ0v) is 31.8. The summed E-state index contributed by atoms with van der Waals surface area (Å²) in [7, 11) is 0. The summed E-state index contributed by atoms with van der Waals surface area (Å²) in [6, 6.07) is 57.7. The largest absolute Gasteiger partial charge is 0.456 e. The predicted octanol–water partition coefficient (Wildman–Crippen LogP) is 13.0. The van der Waals surface area contributed by atoms with Crippen LogP contribution in [0.5, 0.6) is 0 Å². The Morgan fingerprint density at radius 3 is 1.60 bits per heavy atom. The van der Waals surface area contributed by atoms with Crippen LogP contribution in [-0.2, 0) is 0 Å². The van der Waals surface area contributed by atoms with Crippen molar-refractivity contribution in [3.8, 4) is 67.9 Å². The topological polar surface area (TPSA) is 104 Å². The standard InChI is InChI=1S/C52H30N6O2/c1-3-10-32(11-4-1)49-56-50(33-12-5-2-6-13-33)58-51(57-49)34-20-18-31(19-21-34)36-23-24-37(39-15-8-7-14-38(36)39)35-22-25-43-41(30-35)46-44(59-43)26-27-45-48(46)55-52(60-45)40-16-9-17-42-47(40)54-29-28-53-42/h1-30H. The van der Waals surface area contributed by atoms with E-state index in [1.807, 2.05) is 97.1 Å². The molecular weight excluding hydrogens is 741 g/mol. The summed E-state index contributed by atoms with van der Waals surface area (Å²) >= 11 is 0. The monoisotopic (exact) mass is 770 g/mol. The van der Waals surface area contributed by atoms with Crippen molar-refractivity contribution in [3.05, 3.63) is 182 Å². The number of aromatic nitrogens is 6. The van der Waals surface area contributed by atoms with Crippen molar-refractivity contribution in [2.45, 2.75) is 0 Å². The van der Waals surface area contributed by atoms with Crippen molar-refractivity contribution in [2.24, 2.45) is 0 Å². The molecular formula is C52H30N6O2. The highest BCUT2D eigenvalue weighted by Gasteiger charge is 2.20. The molecule has 0 bridgehead atoms. The van der Waals surface area contributed by atoms with Crippen LogP contribution < -0.4 is 0 Å². The molecule has 0 N–H and O–H groups in total. The molecule has 0 saturated heterocycles. The van der Waals surface area contributed by atoms with Gasteiger partial charge in [0, 0.05) is 34.5 Å². The van der Waals surface area contributed by atoms with Crippen molar-refractivity contribution in [2.75, 3.05) is 0 Å². The van der Waals surface area contributed by atoms with E-state index in [1.54, 1.807) is 12.4 Å². The van der Waals surface area contributed by atoms with Crippen LogP contribution in [0.1, 0.15) is 0 Å². The first-order valence-electron chi connectivity index (χ1n) is 19.7. The van der Waals surface area contributed by atoms with Gasteiger partial charge in [-0.2, -0.15) is 0 Å². The van der Waals surface area contributed by atoms with Gasteiger partial charge < -0.3 is 8.83 Å². The van der Waals surface area contributed by atoms with Gasteiger partial charge >= 0.3 is 0 Å². The van der Waals surface area contributed by atoms with Crippen LogP contribution in [0.4, 0.5) is 0 Å². The van der Waals surface area contributed by atoms with Gasteiger partial charge in [-0.15, -0.1) is 0 Å². The van der Waals surface area contributed by atoms with Crippen LogP contribution in [0.2, 0.25) is 0 Å². The molecule has 0 saturated carbocycles. The van der Waals surface area contributed by atoms with Crippen LogP contribution in [0, 0.1) is 0 Å². The molecule has 280 valence electrons. The third kappa shape index (κ3) is 5.61. The van der Waals surface area contributed by atoms with Gasteiger partial charge in [-0.1, -0.05) is 133 Å². The molecule has 0 aliphatic heterocycles. The first-order valence-corrected chi connectivity index (χ1v) is 19.7. The first-order chi connectivity index (χ1) is 29.7. The SMILES string of the molecule is c1ccc(-c2nc(-c3ccccc3)nc(-c3ccc(-c4ccc(-c5ccc6oc7ccc8oc(-c9cccc%10nccnc9%10)nc8c7c6c5)c5ccccc45)cc3)n2)cc1. The minimum Gasteiger partial charge on any atom is -0.456 e. The number of hydrogen-bond donors (Lipinski definition) is 0. The van der Waals surface area contributed by atoms with Crippen molar-refractivity contribution in [3.63, 3.8) is 0 Å². The predicted molar refractivity (Wildman–Crippen MR) is 238 cm³/mol. The smallest absolute Gasteiger partial charge is 0.229 e. The molecule has 4 heterocycles. The molecule has 0 fully saturated rings. The molecule has 0 radical (unpaired) electrons. The van der Waals surface area contributed by atoms with Crippen LogP contribution in [0.15, 0.2) is 191 Å². The van der Waals surface area contributed by atoms with Crippen molar-refractivity contribution in [1.82, 2.24) is 29.9 Å². The second-order valence-corrected chi connectivity index (χ2v) is 14.7. The highest BCUT2D eigenvalue weighted by Crippen LogP contribution is 2.41. The van der Waals surface area contributed by atoms with E-state index in [-0.39, 0.29) is 0 Å². The average Bonchev–Trinajstić information content (AvgIpc) is 3.93. The van der Waals surface area contributed by atoms with Gasteiger partial charge in [-0.3, -0.25) is 9.97 Å². The third-order valence-electron chi connectivity index (χ3n) is 11.1. The van der Waals surface area contributed by atoms with E-state index in [9.17, 15) is 0 Å². The van der Waals surface area contributed by atoms with Crippen LogP contribution in [-0.4, -0.2) is 29.9 Å². The molecule has 12 rings (SSSR count). The van der Waals surface area contributed by atoms with Gasteiger partial charge in [-0.25, -0.2) is 19.9 Å². The molecule has 8 heteroatoms. The molecule has 0 aliphatic rings. The minimum absolute atomic E-state index is 0.492. The molecule has 60 heavy (non-hydrogen) atoms. The van der Waals surface area contributed by atoms with Gasteiger partial charge in [0.2, 0.25) is 5.89 Å². The Morgan fingerprint density at radius 2 is 0.900 bits per heavy atom. The number of benzene rings is 8. The van der Waals surface area contributed by atoms with E-state index < -0.39 is 0 Å². The molecule has 8 aromatic carbocycles. The summed E-state index contributed by atoms with van der Waals surface area (Å²) in [5.41, 5.74) is 12.5. The summed E-state index contributed by atoms with van der Waals surface area (Å²) in [4.78, 5) is 28.8. The van der Waals surface area contributed by atoms with Gasteiger partial charge in [0.25, 0.3) is 0 Å². The lowest BCUT2D eigenvalue weighted by molar-refractivity contribution is 0.620. The summed E-state index contributed by atoms with van der Waals surface area (Å²) in [5, 5.41) is 4.18. The van der Waals surface area contributed by atoms with Crippen LogP contribution in [0.3, 0.4) is 0 Å². The maximum atomic E-state index is 6.38. The lowest BCUT2D eigenvalue weighted by Crippen LogP contribution is -2.00. The van der Waals surface area contributed by atoms with E-state index in [1.165, 1.54) is 0 Å². The fourth-order valence-corrected chi connectivity index (χ4v) is 8.24. The summed E-state index contributed by atoms with van der Waals surface area (Å²) in [5.74, 6) is 2.39. The number of para-hydroxylation sites is 1. The maximum Gasteiger partial charge on any atom is 0.229 e. The second-order valence-electron chi connectivity index (χ2n) is 14.7. The summed E-state index contributed by atoms with van der Waals surface area (Å²) in [6.07, 6.45) is 3.37.